The summed E-state index contributed by atoms with van der Waals surface area (Å²) >= 11 is 0. The van der Waals surface area contributed by atoms with Crippen LogP contribution in [0.4, 0.5) is 0 Å². The maximum absolute atomic E-state index is 14.4. The minimum Gasteiger partial charge on any atom is -0.459 e. The van der Waals surface area contributed by atoms with Crippen molar-refractivity contribution in [2.24, 2.45) is 22.7 Å². The number of hydrogen-bond donors (Lipinski definition) is 6. The van der Waals surface area contributed by atoms with Crippen molar-refractivity contribution in [3.8, 4) is 0 Å². The van der Waals surface area contributed by atoms with Gasteiger partial charge in [0, 0.05) is 119 Å². The van der Waals surface area contributed by atoms with Gasteiger partial charge in [-0.1, -0.05) is 33.1 Å². The number of aliphatic hydroxyl groups is 5. The Morgan fingerprint density at radius 1 is 1.04 bits per heavy atom. The number of amides is 1. The van der Waals surface area contributed by atoms with Crippen LogP contribution in [0.2, 0.25) is 0 Å². The van der Waals surface area contributed by atoms with Crippen LogP contribution in [0.25, 0.3) is 0 Å². The summed E-state index contributed by atoms with van der Waals surface area (Å²) in [4.78, 5) is 54.1. The van der Waals surface area contributed by atoms with Gasteiger partial charge in [-0.25, -0.2) is 4.79 Å². The smallest absolute Gasteiger partial charge is 0.337 e. The third-order valence-corrected chi connectivity index (χ3v) is 12.7. The molecule has 1 amide bonds. The van der Waals surface area contributed by atoms with E-state index in [-0.39, 0.29) is 124 Å². The molecule has 16 heteroatoms. The second-order valence-corrected chi connectivity index (χ2v) is 15.7. The van der Waals surface area contributed by atoms with Crippen LogP contribution in [0.5, 0.6) is 0 Å². The van der Waals surface area contributed by atoms with E-state index in [1.54, 1.807) is 13.8 Å². The zero-order chi connectivity index (χ0) is 36.6. The molecule has 14 nitrogen and oxygen atoms in total. The van der Waals surface area contributed by atoms with Gasteiger partial charge in [-0.05, 0) is 55.9 Å². The molecule has 6 N–H and O–H groups in total. The number of Topliss-reactive ketones (excluding diaryl/α,β-unsaturated/α-hetero) is 1. The monoisotopic (exact) mass is 1160 g/mol. The standard InChI is InChI=1S/C36H49NO13.2Ac/c1-17-21(50-32(44)27(41)25(19-10-7-6-8-11-19)37-31(43)20-12-9-13-47-20)15-36(46)30(49-18(2)38)28-34(5,22(39)14-23-35(28,45)16-48-23)29(42)26(40)24(17)33(36,3)4;;/h9,12-13,19,21-23,25-28,30,39-41,45-46H,6-8,10-11,14-16H2,1-5H3,(H,37,43);;/t21-,22-,23+,25-,26+,27+,28-,30-,34+,35-,36+;;/m0../s1. The summed E-state index contributed by atoms with van der Waals surface area (Å²) in [6.45, 7) is 6.90. The molecule has 1 saturated heterocycles. The average molecular weight is 1160 g/mol. The number of carbonyl (C=O) groups excluding carboxylic acids is 4. The Hall–Kier alpha value is -0.257. The normalized spacial score (nSPS) is 37.9. The Balaban J connectivity index is 0.00000302. The average Bonchev–Trinajstić information content (AvgIpc) is 3.61. The summed E-state index contributed by atoms with van der Waals surface area (Å²) in [7, 11) is 0. The Labute approximate surface area is 374 Å². The predicted molar refractivity (Wildman–Crippen MR) is 172 cm³/mol. The van der Waals surface area contributed by atoms with E-state index in [1.807, 2.05) is 0 Å². The van der Waals surface area contributed by atoms with Crippen molar-refractivity contribution < 1.29 is 151 Å². The molecule has 6 rings (SSSR count). The first-order valence-corrected chi connectivity index (χ1v) is 17.5. The van der Waals surface area contributed by atoms with Crippen LogP contribution in [0, 0.1) is 111 Å². The van der Waals surface area contributed by atoms with Gasteiger partial charge in [-0.3, -0.25) is 14.4 Å². The molecule has 0 unspecified atom stereocenters. The molecule has 11 atom stereocenters. The molecule has 52 heavy (non-hydrogen) atoms. The molecule has 4 fully saturated rings. The van der Waals surface area contributed by atoms with E-state index in [4.69, 9.17) is 18.6 Å². The summed E-state index contributed by atoms with van der Waals surface area (Å²) in [6, 6.07) is 1.95. The van der Waals surface area contributed by atoms with Gasteiger partial charge >= 0.3 is 11.9 Å². The van der Waals surface area contributed by atoms with Gasteiger partial charge in [0.1, 0.15) is 29.5 Å². The minimum atomic E-state index is -2.21. The molecule has 1 aromatic heterocycles. The molecule has 282 valence electrons. The molecular weight excluding hydrogens is 1110 g/mol. The second-order valence-electron chi connectivity index (χ2n) is 15.7. The van der Waals surface area contributed by atoms with Gasteiger partial charge in [0.05, 0.1) is 36.5 Å². The Kier molecular flexibility index (Phi) is 13.9. The third kappa shape index (κ3) is 7.13. The van der Waals surface area contributed by atoms with Gasteiger partial charge in [0.15, 0.2) is 17.6 Å². The molecular formula is C36H49Ac2NO13. The number of rotatable bonds is 7. The predicted octanol–water partition coefficient (Wildman–Crippen LogP) is 1.10. The first kappa shape index (κ1) is 44.5. The zero-order valence-electron chi connectivity index (χ0n) is 30.2. The van der Waals surface area contributed by atoms with Crippen LogP contribution >= 0.6 is 0 Å². The minimum absolute atomic E-state index is 0. The van der Waals surface area contributed by atoms with Gasteiger partial charge in [-0.2, -0.15) is 0 Å². The Bertz CT molecular complexity index is 1560. The van der Waals surface area contributed by atoms with Crippen LogP contribution < -0.4 is 5.32 Å². The molecule has 1 aromatic rings. The van der Waals surface area contributed by atoms with Crippen LogP contribution in [-0.4, -0.2) is 110 Å². The van der Waals surface area contributed by atoms with Gasteiger partial charge in [0.25, 0.3) is 5.91 Å². The number of nitrogens with one attached hydrogen (secondary N) is 1. The summed E-state index contributed by atoms with van der Waals surface area (Å²) in [5.41, 5.74) is -7.22. The van der Waals surface area contributed by atoms with Crippen LogP contribution in [0.3, 0.4) is 0 Å². The summed E-state index contributed by atoms with van der Waals surface area (Å²) in [6.07, 6.45) is -4.44. The molecule has 4 aliphatic carbocycles. The Morgan fingerprint density at radius 3 is 2.25 bits per heavy atom. The van der Waals surface area contributed by atoms with E-state index in [9.17, 15) is 44.7 Å². The van der Waals surface area contributed by atoms with Crippen molar-refractivity contribution in [1.82, 2.24) is 5.32 Å². The number of hydrogen-bond acceptors (Lipinski definition) is 13. The van der Waals surface area contributed by atoms with Crippen LogP contribution in [-0.2, 0) is 28.6 Å². The molecule has 5 aliphatic rings. The number of esters is 2. The van der Waals surface area contributed by atoms with E-state index < -0.39 is 101 Å². The number of furan rings is 1. The number of ether oxygens (including phenoxy) is 3. The number of fused-ring (bicyclic) bond motifs is 5. The van der Waals surface area contributed by atoms with Crippen molar-refractivity contribution in [2.75, 3.05) is 6.61 Å². The van der Waals surface area contributed by atoms with Crippen LogP contribution in [0.15, 0.2) is 34.0 Å². The van der Waals surface area contributed by atoms with Gasteiger partial charge in [0.2, 0.25) is 0 Å². The van der Waals surface area contributed by atoms with E-state index in [0.717, 1.165) is 26.2 Å². The zero-order valence-corrected chi connectivity index (χ0v) is 39.7. The summed E-state index contributed by atoms with van der Waals surface area (Å²) in [5.74, 6) is -5.13. The summed E-state index contributed by atoms with van der Waals surface area (Å²) in [5, 5.41) is 62.5. The Morgan fingerprint density at radius 2 is 1.69 bits per heavy atom. The van der Waals surface area contributed by atoms with Crippen molar-refractivity contribution in [2.45, 2.75) is 133 Å². The van der Waals surface area contributed by atoms with Gasteiger partial charge in [-0.15, -0.1) is 0 Å². The van der Waals surface area contributed by atoms with Crippen molar-refractivity contribution in [1.29, 1.82) is 0 Å². The molecule has 2 radical (unpaired) electrons. The SMILES string of the molecule is CC(=O)O[C@H]1[C@@H]2[C@]3(O)CO[C@@H]3C[C@H](O)[C@@]2(C)C(=O)[C@H](O)C2=C(C)[C@@H](OC(=O)[C@H](O)[C@@H](NC(=O)c3ccco3)C3CCCCC3)C[C@]1(O)C2(C)C.[Ac].[Ac]. The first-order chi connectivity index (χ1) is 23.4. The maximum Gasteiger partial charge on any atom is 0.337 e. The molecule has 0 spiro atoms. The molecule has 2 bridgehead atoms. The quantitative estimate of drug-likeness (QED) is 0.167. The van der Waals surface area contributed by atoms with Crippen molar-refractivity contribution in [3.63, 3.8) is 0 Å². The van der Waals surface area contributed by atoms with E-state index in [2.05, 4.69) is 5.32 Å². The maximum atomic E-state index is 14.4. The molecule has 0 aromatic carbocycles. The summed E-state index contributed by atoms with van der Waals surface area (Å²) < 4.78 is 22.6. The third-order valence-electron chi connectivity index (χ3n) is 12.7. The molecule has 3 saturated carbocycles. The van der Waals surface area contributed by atoms with Crippen LogP contribution in [0.1, 0.15) is 90.1 Å². The van der Waals surface area contributed by atoms with Crippen molar-refractivity contribution in [3.05, 3.63) is 35.3 Å². The van der Waals surface area contributed by atoms with E-state index in [1.165, 1.54) is 32.2 Å². The van der Waals surface area contributed by atoms with Crippen molar-refractivity contribution >= 4 is 23.6 Å². The fourth-order valence-corrected chi connectivity index (χ4v) is 9.73. The fraction of sp³-hybridized carbons (Fsp3) is 0.722. The number of ketones is 1. The molecule has 2 heterocycles. The number of carbonyl (C=O) groups is 4. The number of aliphatic hydroxyl groups excluding tert-OH is 3. The second kappa shape index (κ2) is 16.3. The van der Waals surface area contributed by atoms with Gasteiger partial charge < -0.3 is 49.5 Å². The largest absolute Gasteiger partial charge is 0.459 e. The first-order valence-electron chi connectivity index (χ1n) is 17.5. The fourth-order valence-electron chi connectivity index (χ4n) is 9.73. The van der Waals surface area contributed by atoms with E-state index >= 15 is 0 Å². The van der Waals surface area contributed by atoms with E-state index in [0.29, 0.717) is 12.8 Å². The topological polar surface area (TPSA) is 222 Å². The molecule has 1 aliphatic heterocycles.